The third-order valence-corrected chi connectivity index (χ3v) is 6.69. The van der Waals surface area contributed by atoms with Crippen molar-refractivity contribution in [3.63, 3.8) is 0 Å². The fraction of sp³-hybridized carbons (Fsp3) is 0.290. The first-order valence-corrected chi connectivity index (χ1v) is 12.9. The Morgan fingerprint density at radius 1 is 0.974 bits per heavy atom. The molecule has 7 heteroatoms. The fourth-order valence-corrected chi connectivity index (χ4v) is 4.70. The van der Waals surface area contributed by atoms with Crippen LogP contribution in [0.4, 0.5) is 0 Å². The molecule has 1 saturated heterocycles. The van der Waals surface area contributed by atoms with E-state index in [2.05, 4.69) is 13.8 Å². The highest BCUT2D eigenvalue weighted by molar-refractivity contribution is 6.46. The zero-order valence-corrected chi connectivity index (χ0v) is 21.6. The first-order chi connectivity index (χ1) is 18.4. The number of hydrogen-bond donors (Lipinski definition) is 1. The van der Waals surface area contributed by atoms with Crippen molar-refractivity contribution >= 4 is 17.4 Å². The smallest absolute Gasteiger partial charge is 0.295 e. The maximum absolute atomic E-state index is 13.4. The van der Waals surface area contributed by atoms with Crippen LogP contribution < -0.4 is 14.2 Å². The van der Waals surface area contributed by atoms with Crippen LogP contribution in [0.15, 0.2) is 78.4 Å². The number of Topliss-reactive ketones (excluding diaryl/α,β-unsaturated/α-hetero) is 1. The summed E-state index contributed by atoms with van der Waals surface area (Å²) in [5.41, 5.74) is 1.97. The molecule has 2 aliphatic heterocycles. The van der Waals surface area contributed by atoms with Gasteiger partial charge in [0.05, 0.1) is 18.2 Å². The van der Waals surface area contributed by atoms with Gasteiger partial charge in [-0.05, 0) is 53.8 Å². The number of aliphatic hydroxyl groups is 1. The van der Waals surface area contributed by atoms with Crippen molar-refractivity contribution in [3.05, 3.63) is 95.1 Å². The van der Waals surface area contributed by atoms with Crippen LogP contribution in [-0.2, 0) is 16.1 Å². The van der Waals surface area contributed by atoms with E-state index in [1.807, 2.05) is 54.6 Å². The number of amides is 1. The Morgan fingerprint density at radius 2 is 1.74 bits per heavy atom. The van der Waals surface area contributed by atoms with Crippen LogP contribution in [0.25, 0.3) is 5.76 Å². The SMILES string of the molecule is CC(C)CCOc1cccc([C@@H]2C(=C(O)c3ccc4c(c3)OCCO4)C(=O)C(=O)N2Cc2ccccc2)c1. The number of carbonyl (C=O) groups excluding carboxylic acids is 2. The maximum atomic E-state index is 13.4. The zero-order chi connectivity index (χ0) is 26.6. The van der Waals surface area contributed by atoms with Crippen LogP contribution in [0, 0.1) is 5.92 Å². The Balaban J connectivity index is 1.57. The summed E-state index contributed by atoms with van der Waals surface area (Å²) in [5.74, 6) is 0.548. The normalized spacial score (nSPS) is 18.2. The molecule has 1 amide bonds. The predicted octanol–water partition coefficient (Wildman–Crippen LogP) is 5.50. The summed E-state index contributed by atoms with van der Waals surface area (Å²) in [7, 11) is 0. The van der Waals surface area contributed by atoms with Gasteiger partial charge in [-0.2, -0.15) is 0 Å². The minimum absolute atomic E-state index is 0.0296. The fourth-order valence-electron chi connectivity index (χ4n) is 4.70. The molecule has 2 heterocycles. The molecule has 3 aromatic rings. The number of carbonyl (C=O) groups is 2. The summed E-state index contributed by atoms with van der Waals surface area (Å²) in [4.78, 5) is 28.3. The number of ether oxygens (including phenoxy) is 3. The molecular weight excluding hydrogens is 482 g/mol. The van der Waals surface area contributed by atoms with Crippen molar-refractivity contribution in [1.82, 2.24) is 4.90 Å². The van der Waals surface area contributed by atoms with Crippen molar-refractivity contribution in [2.45, 2.75) is 32.9 Å². The Labute approximate surface area is 222 Å². The summed E-state index contributed by atoms with van der Waals surface area (Å²) in [6, 6.07) is 21.1. The monoisotopic (exact) mass is 513 g/mol. The number of benzene rings is 3. The van der Waals surface area contributed by atoms with Gasteiger partial charge in [-0.25, -0.2) is 0 Å². The highest BCUT2D eigenvalue weighted by Gasteiger charge is 2.46. The average molecular weight is 514 g/mol. The van der Waals surface area contributed by atoms with Gasteiger partial charge in [0.25, 0.3) is 11.7 Å². The lowest BCUT2D eigenvalue weighted by Crippen LogP contribution is -2.29. The van der Waals surface area contributed by atoms with E-state index >= 15 is 0 Å². The Morgan fingerprint density at radius 3 is 2.50 bits per heavy atom. The molecule has 0 bridgehead atoms. The molecule has 0 aromatic heterocycles. The highest BCUT2D eigenvalue weighted by Crippen LogP contribution is 2.42. The molecule has 1 atom stereocenters. The number of fused-ring (bicyclic) bond motifs is 1. The van der Waals surface area contributed by atoms with E-state index in [4.69, 9.17) is 14.2 Å². The summed E-state index contributed by atoms with van der Waals surface area (Å²) in [6.45, 7) is 5.87. The molecule has 1 fully saturated rings. The van der Waals surface area contributed by atoms with Crippen molar-refractivity contribution < 1.29 is 28.9 Å². The number of hydrogen-bond acceptors (Lipinski definition) is 6. The lowest BCUT2D eigenvalue weighted by atomic mass is 9.94. The average Bonchev–Trinajstić information content (AvgIpc) is 3.18. The lowest BCUT2D eigenvalue weighted by Gasteiger charge is -2.26. The molecule has 0 spiro atoms. The van der Waals surface area contributed by atoms with E-state index in [1.54, 1.807) is 18.2 Å². The van der Waals surface area contributed by atoms with E-state index in [0.29, 0.717) is 54.1 Å². The van der Waals surface area contributed by atoms with Gasteiger partial charge in [0.1, 0.15) is 24.7 Å². The molecule has 0 saturated carbocycles. The van der Waals surface area contributed by atoms with Gasteiger partial charge in [-0.3, -0.25) is 9.59 Å². The second-order valence-electron chi connectivity index (χ2n) is 9.87. The third kappa shape index (κ3) is 5.23. The van der Waals surface area contributed by atoms with Crippen LogP contribution in [0.1, 0.15) is 43.0 Å². The Hall–Kier alpha value is -4.26. The Bertz CT molecular complexity index is 1360. The first-order valence-electron chi connectivity index (χ1n) is 12.9. The van der Waals surface area contributed by atoms with Gasteiger partial charge in [0.2, 0.25) is 0 Å². The molecule has 2 aliphatic rings. The third-order valence-electron chi connectivity index (χ3n) is 6.69. The zero-order valence-electron chi connectivity index (χ0n) is 21.6. The Kier molecular flexibility index (Phi) is 7.36. The van der Waals surface area contributed by atoms with Crippen molar-refractivity contribution in [2.24, 2.45) is 5.92 Å². The second-order valence-corrected chi connectivity index (χ2v) is 9.87. The standard InChI is InChI=1S/C31H31NO6/c1-20(2)13-14-36-24-10-6-9-22(17-24)28-27(29(33)23-11-12-25-26(18-23)38-16-15-37-25)30(34)31(35)32(28)19-21-7-4-3-5-8-21/h3-12,17-18,20,28,33H,13-16,19H2,1-2H3/t28-/m1/s1. The summed E-state index contributed by atoms with van der Waals surface area (Å²) in [5, 5.41) is 11.4. The van der Waals surface area contributed by atoms with Gasteiger partial charge in [0.15, 0.2) is 11.5 Å². The number of aliphatic hydroxyl groups excluding tert-OH is 1. The van der Waals surface area contributed by atoms with Gasteiger partial charge in [-0.15, -0.1) is 0 Å². The van der Waals surface area contributed by atoms with E-state index in [1.165, 1.54) is 4.90 Å². The molecule has 3 aromatic carbocycles. The molecule has 196 valence electrons. The molecular formula is C31H31NO6. The van der Waals surface area contributed by atoms with Gasteiger partial charge >= 0.3 is 0 Å². The molecule has 38 heavy (non-hydrogen) atoms. The predicted molar refractivity (Wildman–Crippen MR) is 143 cm³/mol. The largest absolute Gasteiger partial charge is 0.507 e. The number of rotatable bonds is 8. The minimum Gasteiger partial charge on any atom is -0.507 e. The quantitative estimate of drug-likeness (QED) is 0.243. The van der Waals surface area contributed by atoms with Crippen LogP contribution in [-0.4, -0.2) is 41.5 Å². The van der Waals surface area contributed by atoms with E-state index in [0.717, 1.165) is 12.0 Å². The molecule has 0 aliphatic carbocycles. The van der Waals surface area contributed by atoms with Crippen LogP contribution in [0.2, 0.25) is 0 Å². The summed E-state index contributed by atoms with van der Waals surface area (Å²) < 4.78 is 17.2. The van der Waals surface area contributed by atoms with Crippen molar-refractivity contribution in [1.29, 1.82) is 0 Å². The van der Waals surface area contributed by atoms with Crippen molar-refractivity contribution in [2.75, 3.05) is 19.8 Å². The van der Waals surface area contributed by atoms with Gasteiger partial charge < -0.3 is 24.2 Å². The van der Waals surface area contributed by atoms with Gasteiger partial charge in [-0.1, -0.05) is 56.3 Å². The minimum atomic E-state index is -0.794. The topological polar surface area (TPSA) is 85.3 Å². The molecule has 1 N–H and O–H groups in total. The number of nitrogens with zero attached hydrogens (tertiary/aromatic N) is 1. The number of likely N-dealkylation sites (tertiary alicyclic amines) is 1. The van der Waals surface area contributed by atoms with E-state index in [9.17, 15) is 14.7 Å². The van der Waals surface area contributed by atoms with E-state index < -0.39 is 17.7 Å². The summed E-state index contributed by atoms with van der Waals surface area (Å²) in [6.07, 6.45) is 0.904. The molecule has 0 unspecified atom stereocenters. The van der Waals surface area contributed by atoms with Gasteiger partial charge in [0, 0.05) is 12.1 Å². The lowest BCUT2D eigenvalue weighted by molar-refractivity contribution is -0.140. The van der Waals surface area contributed by atoms with Crippen LogP contribution >= 0.6 is 0 Å². The molecule has 5 rings (SSSR count). The van der Waals surface area contributed by atoms with Crippen LogP contribution in [0.5, 0.6) is 17.2 Å². The first kappa shape index (κ1) is 25.4. The maximum Gasteiger partial charge on any atom is 0.295 e. The highest BCUT2D eigenvalue weighted by atomic mass is 16.6. The van der Waals surface area contributed by atoms with Crippen LogP contribution in [0.3, 0.4) is 0 Å². The summed E-state index contributed by atoms with van der Waals surface area (Å²) >= 11 is 0. The second kappa shape index (κ2) is 11.0. The number of ketones is 1. The van der Waals surface area contributed by atoms with Crippen molar-refractivity contribution in [3.8, 4) is 17.2 Å². The van der Waals surface area contributed by atoms with E-state index in [-0.39, 0.29) is 17.9 Å². The molecule has 0 radical (unpaired) electrons. The molecule has 7 nitrogen and oxygen atoms in total.